The number of rotatable bonds is 8. The van der Waals surface area contributed by atoms with Gasteiger partial charge in [-0.15, -0.1) is 0 Å². The minimum absolute atomic E-state index is 0.181. The molecule has 0 unspecified atom stereocenters. The van der Waals surface area contributed by atoms with Gasteiger partial charge in [0.05, 0.1) is 0 Å². The molecule has 27 heavy (non-hydrogen) atoms. The number of aliphatic carboxylic acids is 2. The van der Waals surface area contributed by atoms with E-state index >= 15 is 0 Å². The average Bonchev–Trinajstić information content (AvgIpc) is 2.64. The zero-order valence-corrected chi connectivity index (χ0v) is 19.0. The Hall–Kier alpha value is -1.82. The van der Waals surface area contributed by atoms with Crippen molar-refractivity contribution < 1.29 is 19.8 Å². The standard InChI is InChI=1S/2C7H7.2C4H8O2.Sn/c2*1-7-5-3-2-4-6-7;2*1-2-3-4(5)6;/h2*2-6H,1H2;2*2-3H2,1H3,(H,5,6);/q;;;;+2/p-2. The molecule has 144 valence electrons. The van der Waals surface area contributed by atoms with Crippen molar-refractivity contribution in [3.8, 4) is 0 Å². The molecular formula is C22H28O4Sn. The Balaban J connectivity index is 0.000000470. The summed E-state index contributed by atoms with van der Waals surface area (Å²) >= 11 is -0.258. The van der Waals surface area contributed by atoms with Gasteiger partial charge in [0.25, 0.3) is 0 Å². The summed E-state index contributed by atoms with van der Waals surface area (Å²) in [6.07, 6.45) is 1.70. The Kier molecular flexibility index (Phi) is 16.4. The molecule has 0 aliphatic heterocycles. The van der Waals surface area contributed by atoms with Crippen LogP contribution in [-0.2, 0) is 18.5 Å². The van der Waals surface area contributed by atoms with E-state index in [2.05, 4.69) is 60.7 Å². The third kappa shape index (κ3) is 17.4. The van der Waals surface area contributed by atoms with E-state index in [9.17, 15) is 19.8 Å². The summed E-state index contributed by atoms with van der Waals surface area (Å²) in [5.74, 6) is -1.92. The van der Waals surface area contributed by atoms with Crippen molar-refractivity contribution in [3.05, 3.63) is 71.8 Å². The number of carboxylic acids is 2. The average molecular weight is 475 g/mol. The Morgan fingerprint density at radius 1 is 0.704 bits per heavy atom. The van der Waals surface area contributed by atoms with Crippen molar-refractivity contribution >= 4 is 33.1 Å². The Morgan fingerprint density at radius 2 is 1.04 bits per heavy atom. The molecule has 0 radical (unpaired) electrons. The van der Waals surface area contributed by atoms with Crippen molar-refractivity contribution in [1.29, 1.82) is 0 Å². The van der Waals surface area contributed by atoms with Gasteiger partial charge in [-0.05, 0) is 12.8 Å². The third-order valence-corrected chi connectivity index (χ3v) is 7.01. The van der Waals surface area contributed by atoms with E-state index in [0.717, 1.165) is 0 Å². The summed E-state index contributed by atoms with van der Waals surface area (Å²) in [7, 11) is 0. The first-order valence-corrected chi connectivity index (χ1v) is 13.2. The Bertz CT molecular complexity index is 559. The maximum atomic E-state index is 9.49. The van der Waals surface area contributed by atoms with Crippen LogP contribution in [0.1, 0.15) is 50.7 Å². The number of carbonyl (C=O) groups excluding carboxylic acids is 2. The van der Waals surface area contributed by atoms with Crippen LogP contribution < -0.4 is 10.2 Å². The van der Waals surface area contributed by atoms with Gasteiger partial charge in [-0.3, -0.25) is 0 Å². The van der Waals surface area contributed by atoms with Gasteiger partial charge in [0.2, 0.25) is 0 Å². The van der Waals surface area contributed by atoms with Crippen LogP contribution in [0.4, 0.5) is 0 Å². The monoisotopic (exact) mass is 476 g/mol. The predicted molar refractivity (Wildman–Crippen MR) is 106 cm³/mol. The van der Waals surface area contributed by atoms with Gasteiger partial charge in [0.15, 0.2) is 0 Å². The molecule has 2 rings (SSSR count). The molecular weight excluding hydrogens is 447 g/mol. The summed E-state index contributed by atoms with van der Waals surface area (Å²) < 4.78 is 2.69. The van der Waals surface area contributed by atoms with Crippen molar-refractivity contribution in [2.45, 2.75) is 48.4 Å². The zero-order chi connectivity index (χ0) is 20.3. The second kappa shape index (κ2) is 17.6. The molecule has 0 atom stereocenters. The van der Waals surface area contributed by atoms with Gasteiger partial charge in [-0.25, -0.2) is 0 Å². The van der Waals surface area contributed by atoms with Gasteiger partial charge in [0, 0.05) is 11.9 Å². The fourth-order valence-electron chi connectivity index (χ4n) is 1.95. The number of hydrogen-bond donors (Lipinski definition) is 0. The van der Waals surface area contributed by atoms with Crippen LogP contribution in [0.2, 0.25) is 0 Å². The van der Waals surface area contributed by atoms with Crippen LogP contribution in [0.15, 0.2) is 60.7 Å². The van der Waals surface area contributed by atoms with Crippen LogP contribution >= 0.6 is 0 Å². The van der Waals surface area contributed by atoms with Crippen LogP contribution in [0.25, 0.3) is 0 Å². The third-order valence-electron chi connectivity index (χ3n) is 3.25. The molecule has 2 aromatic carbocycles. The molecule has 0 heterocycles. The van der Waals surface area contributed by atoms with Gasteiger partial charge < -0.3 is 19.8 Å². The first kappa shape index (κ1) is 25.2. The topological polar surface area (TPSA) is 80.3 Å². The second-order valence-electron chi connectivity index (χ2n) is 5.82. The summed E-state index contributed by atoms with van der Waals surface area (Å²) in [5, 5.41) is 19.0. The number of hydrogen-bond acceptors (Lipinski definition) is 4. The Labute approximate surface area is 172 Å². The SMILES string of the molecule is CCCC(=O)[O-].CCCC(=O)[O-].c1ccc([CH2][Sn+2][CH2]c2ccccc2)cc1. The summed E-state index contributed by atoms with van der Waals surface area (Å²) in [5.41, 5.74) is 3.03. The van der Waals surface area contributed by atoms with E-state index in [1.807, 2.05) is 0 Å². The van der Waals surface area contributed by atoms with E-state index < -0.39 is 11.9 Å². The molecule has 0 spiro atoms. The van der Waals surface area contributed by atoms with Crippen molar-refractivity contribution in [3.63, 3.8) is 0 Å². The molecule has 5 heteroatoms. The van der Waals surface area contributed by atoms with E-state index in [0.29, 0.717) is 12.8 Å². The van der Waals surface area contributed by atoms with Crippen LogP contribution in [0.3, 0.4) is 0 Å². The minimum atomic E-state index is -0.961. The molecule has 0 bridgehead atoms. The maximum absolute atomic E-state index is 9.49. The molecule has 2 aromatic rings. The first-order valence-electron chi connectivity index (χ1n) is 9.17. The van der Waals surface area contributed by atoms with Gasteiger partial charge in [0.1, 0.15) is 0 Å². The molecule has 0 aliphatic carbocycles. The van der Waals surface area contributed by atoms with Crippen LogP contribution in [-0.4, -0.2) is 33.1 Å². The van der Waals surface area contributed by atoms with Crippen LogP contribution in [0, 0.1) is 0 Å². The molecule has 0 fully saturated rings. The van der Waals surface area contributed by atoms with Gasteiger partial charge >= 0.3 is 102 Å². The molecule has 0 saturated heterocycles. The van der Waals surface area contributed by atoms with E-state index in [1.165, 1.54) is 20.0 Å². The van der Waals surface area contributed by atoms with Crippen LogP contribution in [0.5, 0.6) is 0 Å². The number of carboxylic acid groups (broad SMARTS) is 2. The number of benzene rings is 2. The van der Waals surface area contributed by atoms with E-state index in [-0.39, 0.29) is 34.0 Å². The molecule has 0 amide bonds. The molecule has 4 nitrogen and oxygen atoms in total. The van der Waals surface area contributed by atoms with E-state index in [4.69, 9.17) is 0 Å². The quantitative estimate of drug-likeness (QED) is 0.549. The molecule has 0 aromatic heterocycles. The molecule has 0 N–H and O–H groups in total. The summed E-state index contributed by atoms with van der Waals surface area (Å²) in [4.78, 5) is 19.0. The molecule has 0 saturated carbocycles. The van der Waals surface area contributed by atoms with Crippen molar-refractivity contribution in [2.75, 3.05) is 0 Å². The second-order valence-corrected chi connectivity index (χ2v) is 9.26. The van der Waals surface area contributed by atoms with Crippen molar-refractivity contribution in [2.24, 2.45) is 0 Å². The molecule has 0 aliphatic rings. The van der Waals surface area contributed by atoms with Crippen molar-refractivity contribution in [1.82, 2.24) is 0 Å². The Morgan fingerprint density at radius 3 is 1.26 bits per heavy atom. The van der Waals surface area contributed by atoms with Gasteiger partial charge in [-0.1, -0.05) is 26.7 Å². The zero-order valence-electron chi connectivity index (χ0n) is 16.1. The first-order chi connectivity index (χ1) is 13.0. The predicted octanol–water partition coefficient (Wildman–Crippen LogP) is 2.16. The fraction of sp³-hybridized carbons (Fsp3) is 0.364. The normalized spacial score (nSPS) is 8.96. The van der Waals surface area contributed by atoms with E-state index in [1.54, 1.807) is 13.8 Å². The fourth-order valence-corrected chi connectivity index (χ4v) is 5.30. The summed E-state index contributed by atoms with van der Waals surface area (Å²) in [6, 6.07) is 21.7. The summed E-state index contributed by atoms with van der Waals surface area (Å²) in [6.45, 7) is 3.60. The van der Waals surface area contributed by atoms with Gasteiger partial charge in [-0.2, -0.15) is 0 Å². The number of carbonyl (C=O) groups is 2.